The van der Waals surface area contributed by atoms with Crippen LogP contribution >= 0.6 is 0 Å². The molecule has 2 aliphatic rings. The fourth-order valence-electron chi connectivity index (χ4n) is 3.83. The second kappa shape index (κ2) is 7.94. The number of carboxylic acids is 1. The molecule has 0 bridgehead atoms. The molecule has 2 aromatic rings. The molecule has 1 fully saturated rings. The summed E-state index contributed by atoms with van der Waals surface area (Å²) in [5, 5.41) is 14.9. The van der Waals surface area contributed by atoms with Gasteiger partial charge in [-0.25, -0.2) is 24.2 Å². The second-order valence-electron chi connectivity index (χ2n) is 7.07. The van der Waals surface area contributed by atoms with Crippen LogP contribution in [0.2, 0.25) is 0 Å². The average Bonchev–Trinajstić information content (AvgIpc) is 3.24. The minimum absolute atomic E-state index is 0.0374. The number of carbonyl (C=O) groups excluding carboxylic acids is 1. The SMILES string of the molecule is O=C(O)c1ncnc(N2CCC(C(=O)N3N=CCC3c3ccccc3)CC2)c1F. The molecule has 4 rings (SSSR count). The fraction of sp³-hybridized carbons (Fsp3) is 0.350. The zero-order valence-corrected chi connectivity index (χ0v) is 15.6. The molecule has 0 aliphatic carbocycles. The third-order valence-electron chi connectivity index (χ3n) is 5.36. The summed E-state index contributed by atoms with van der Waals surface area (Å²) in [5.74, 6) is -2.68. The van der Waals surface area contributed by atoms with E-state index < -0.39 is 17.5 Å². The largest absolute Gasteiger partial charge is 0.476 e. The summed E-state index contributed by atoms with van der Waals surface area (Å²) in [7, 11) is 0. The predicted octanol–water partition coefficient (Wildman–Crippen LogP) is 2.49. The molecular formula is C20H20FN5O3. The van der Waals surface area contributed by atoms with Crippen molar-refractivity contribution in [2.24, 2.45) is 11.0 Å². The van der Waals surface area contributed by atoms with E-state index in [1.165, 1.54) is 0 Å². The number of hydrogen-bond donors (Lipinski definition) is 1. The molecule has 0 radical (unpaired) electrons. The van der Waals surface area contributed by atoms with Gasteiger partial charge in [-0.05, 0) is 18.4 Å². The highest BCUT2D eigenvalue weighted by atomic mass is 19.1. The Balaban J connectivity index is 1.43. The second-order valence-corrected chi connectivity index (χ2v) is 7.07. The molecule has 1 aromatic carbocycles. The van der Waals surface area contributed by atoms with Crippen LogP contribution < -0.4 is 4.90 Å². The van der Waals surface area contributed by atoms with Crippen LogP contribution in [0.1, 0.15) is 41.4 Å². The number of rotatable bonds is 4. The lowest BCUT2D eigenvalue weighted by molar-refractivity contribution is -0.138. The highest BCUT2D eigenvalue weighted by Gasteiger charge is 2.35. The lowest BCUT2D eigenvalue weighted by Gasteiger charge is -2.34. The molecule has 1 unspecified atom stereocenters. The van der Waals surface area contributed by atoms with Gasteiger partial charge in [0.05, 0.1) is 6.04 Å². The van der Waals surface area contributed by atoms with E-state index in [4.69, 9.17) is 5.11 Å². The van der Waals surface area contributed by atoms with Crippen LogP contribution in [0.3, 0.4) is 0 Å². The lowest BCUT2D eigenvalue weighted by atomic mass is 9.94. The summed E-state index contributed by atoms with van der Waals surface area (Å²) in [6, 6.07) is 9.69. The first-order chi connectivity index (χ1) is 14.1. The summed E-state index contributed by atoms with van der Waals surface area (Å²) >= 11 is 0. The number of nitrogens with zero attached hydrogens (tertiary/aromatic N) is 5. The normalized spacial score (nSPS) is 19.6. The third kappa shape index (κ3) is 3.67. The minimum Gasteiger partial charge on any atom is -0.476 e. The van der Waals surface area contributed by atoms with E-state index in [1.54, 1.807) is 16.1 Å². The van der Waals surface area contributed by atoms with Crippen molar-refractivity contribution in [3.63, 3.8) is 0 Å². The van der Waals surface area contributed by atoms with Gasteiger partial charge in [-0.15, -0.1) is 0 Å². The van der Waals surface area contributed by atoms with Gasteiger partial charge in [-0.3, -0.25) is 4.79 Å². The van der Waals surface area contributed by atoms with E-state index in [2.05, 4.69) is 15.1 Å². The topological polar surface area (TPSA) is 99.0 Å². The molecule has 9 heteroatoms. The zero-order chi connectivity index (χ0) is 20.4. The van der Waals surface area contributed by atoms with Gasteiger partial charge in [-0.2, -0.15) is 5.10 Å². The van der Waals surface area contributed by atoms with Crippen LogP contribution in [-0.2, 0) is 4.79 Å². The summed E-state index contributed by atoms with van der Waals surface area (Å²) in [4.78, 5) is 33.2. The number of halogens is 1. The molecule has 150 valence electrons. The Bertz CT molecular complexity index is 944. The highest BCUT2D eigenvalue weighted by molar-refractivity contribution is 5.86. The number of carboxylic acid groups (broad SMARTS) is 1. The van der Waals surface area contributed by atoms with Crippen LogP contribution in [0.5, 0.6) is 0 Å². The summed E-state index contributed by atoms with van der Waals surface area (Å²) in [5.41, 5.74) is 0.394. The van der Waals surface area contributed by atoms with Crippen LogP contribution in [0.4, 0.5) is 10.2 Å². The maximum Gasteiger partial charge on any atom is 0.357 e. The first-order valence-corrected chi connectivity index (χ1v) is 9.45. The maximum absolute atomic E-state index is 14.4. The molecular weight excluding hydrogens is 377 g/mol. The molecule has 0 spiro atoms. The Kier molecular flexibility index (Phi) is 5.20. The van der Waals surface area contributed by atoms with Gasteiger partial charge in [0.25, 0.3) is 0 Å². The molecule has 1 atom stereocenters. The van der Waals surface area contributed by atoms with Crippen LogP contribution in [0.15, 0.2) is 41.8 Å². The smallest absolute Gasteiger partial charge is 0.357 e. The van der Waals surface area contributed by atoms with Crippen molar-refractivity contribution < 1.29 is 19.1 Å². The van der Waals surface area contributed by atoms with Crippen molar-refractivity contribution in [2.75, 3.05) is 18.0 Å². The number of amides is 1. The van der Waals surface area contributed by atoms with E-state index >= 15 is 0 Å². The molecule has 29 heavy (non-hydrogen) atoms. The first kappa shape index (κ1) is 19.0. The number of hydrazone groups is 1. The van der Waals surface area contributed by atoms with Gasteiger partial charge in [-0.1, -0.05) is 30.3 Å². The van der Waals surface area contributed by atoms with E-state index in [0.29, 0.717) is 32.4 Å². The Hall–Kier alpha value is -3.36. The molecule has 2 aliphatic heterocycles. The van der Waals surface area contributed by atoms with Crippen LogP contribution in [0.25, 0.3) is 0 Å². The molecule has 3 heterocycles. The first-order valence-electron chi connectivity index (χ1n) is 9.45. The van der Waals surface area contributed by atoms with E-state index in [1.807, 2.05) is 30.3 Å². The fourth-order valence-corrected chi connectivity index (χ4v) is 3.83. The van der Waals surface area contributed by atoms with Crippen LogP contribution in [0, 0.1) is 11.7 Å². The number of anilines is 1. The Morgan fingerprint density at radius 1 is 1.10 bits per heavy atom. The van der Waals surface area contributed by atoms with Gasteiger partial charge in [0.2, 0.25) is 5.91 Å². The van der Waals surface area contributed by atoms with E-state index in [9.17, 15) is 14.0 Å². The Morgan fingerprint density at radius 2 is 1.83 bits per heavy atom. The van der Waals surface area contributed by atoms with Crippen molar-refractivity contribution in [3.8, 4) is 0 Å². The van der Waals surface area contributed by atoms with Crippen molar-refractivity contribution in [1.29, 1.82) is 0 Å². The predicted molar refractivity (Wildman–Crippen MR) is 103 cm³/mol. The molecule has 1 saturated heterocycles. The molecule has 1 amide bonds. The van der Waals surface area contributed by atoms with Gasteiger partial charge in [0, 0.05) is 31.6 Å². The van der Waals surface area contributed by atoms with Crippen molar-refractivity contribution in [1.82, 2.24) is 15.0 Å². The van der Waals surface area contributed by atoms with Gasteiger partial charge >= 0.3 is 5.97 Å². The number of hydrogen-bond acceptors (Lipinski definition) is 6. The van der Waals surface area contributed by atoms with Crippen molar-refractivity contribution in [2.45, 2.75) is 25.3 Å². The van der Waals surface area contributed by atoms with E-state index in [-0.39, 0.29) is 23.7 Å². The molecule has 0 saturated carbocycles. The average molecular weight is 397 g/mol. The lowest BCUT2D eigenvalue weighted by Crippen LogP contribution is -2.41. The summed E-state index contributed by atoms with van der Waals surface area (Å²) in [6.45, 7) is 0.800. The standard InChI is InChI=1S/C20H20FN5O3/c21-16-17(20(28)29)22-12-23-18(16)25-10-7-14(8-11-25)19(27)26-15(6-9-24-26)13-4-2-1-3-5-13/h1-5,9,12,14-15H,6-8,10-11H2,(H,28,29). The number of aromatic carboxylic acids is 1. The Labute approximate surface area is 166 Å². The summed E-state index contributed by atoms with van der Waals surface area (Å²) in [6.07, 6.45) is 4.51. The highest BCUT2D eigenvalue weighted by Crippen LogP contribution is 2.32. The van der Waals surface area contributed by atoms with Crippen molar-refractivity contribution >= 4 is 23.9 Å². The maximum atomic E-state index is 14.4. The van der Waals surface area contributed by atoms with Crippen LogP contribution in [-0.4, -0.2) is 51.3 Å². The zero-order valence-electron chi connectivity index (χ0n) is 15.6. The molecule has 8 nitrogen and oxygen atoms in total. The molecule has 1 N–H and O–H groups in total. The summed E-state index contributed by atoms with van der Waals surface area (Å²) < 4.78 is 14.4. The van der Waals surface area contributed by atoms with Gasteiger partial charge < -0.3 is 10.0 Å². The van der Waals surface area contributed by atoms with Gasteiger partial charge in [0.1, 0.15) is 6.33 Å². The van der Waals surface area contributed by atoms with Gasteiger partial charge in [0.15, 0.2) is 17.3 Å². The monoisotopic (exact) mass is 397 g/mol. The Morgan fingerprint density at radius 3 is 2.52 bits per heavy atom. The number of aromatic nitrogens is 2. The van der Waals surface area contributed by atoms with E-state index in [0.717, 1.165) is 11.9 Å². The number of benzene rings is 1. The van der Waals surface area contributed by atoms with Crippen molar-refractivity contribution in [3.05, 3.63) is 53.7 Å². The quantitative estimate of drug-likeness (QED) is 0.851. The third-order valence-corrected chi connectivity index (χ3v) is 5.36. The molecule has 1 aromatic heterocycles. The number of piperidine rings is 1. The number of carbonyl (C=O) groups is 2. The minimum atomic E-state index is -1.44.